The Morgan fingerprint density at radius 2 is 2.50 bits per heavy atom. The molecule has 0 aliphatic rings. The number of hydrogen-bond acceptors (Lipinski definition) is 3. The zero-order chi connectivity index (χ0) is 9.14. The standard InChI is InChI=1S/C7H9BrN2O2/c1-5-3-6(8)9-10(5)4-7(11)12-2/h3H,4H2,1-2H3. The van der Waals surface area contributed by atoms with Crippen molar-refractivity contribution >= 4 is 21.9 Å². The largest absolute Gasteiger partial charge is 0.468 e. The molecule has 0 radical (unpaired) electrons. The Kier molecular flexibility index (Phi) is 2.86. The number of hydrogen-bond donors (Lipinski definition) is 0. The topological polar surface area (TPSA) is 44.1 Å². The first-order chi connectivity index (χ1) is 5.63. The molecule has 0 amide bonds. The van der Waals surface area contributed by atoms with Crippen LogP contribution < -0.4 is 0 Å². The van der Waals surface area contributed by atoms with Gasteiger partial charge >= 0.3 is 5.97 Å². The summed E-state index contributed by atoms with van der Waals surface area (Å²) in [4.78, 5) is 10.8. The summed E-state index contributed by atoms with van der Waals surface area (Å²) in [6.07, 6.45) is 0. The van der Waals surface area contributed by atoms with Crippen molar-refractivity contribution in [2.75, 3.05) is 7.11 Å². The van der Waals surface area contributed by atoms with E-state index in [9.17, 15) is 4.79 Å². The lowest BCUT2D eigenvalue weighted by molar-refractivity contribution is -0.141. The number of carbonyl (C=O) groups is 1. The van der Waals surface area contributed by atoms with Gasteiger partial charge < -0.3 is 4.74 Å². The van der Waals surface area contributed by atoms with Gasteiger partial charge in [-0.1, -0.05) is 0 Å². The first kappa shape index (κ1) is 9.25. The Hall–Kier alpha value is -0.840. The van der Waals surface area contributed by atoms with Crippen molar-refractivity contribution in [1.82, 2.24) is 9.78 Å². The molecule has 0 bridgehead atoms. The quantitative estimate of drug-likeness (QED) is 0.719. The Balaban J connectivity index is 2.75. The van der Waals surface area contributed by atoms with Crippen molar-refractivity contribution in [2.24, 2.45) is 0 Å². The van der Waals surface area contributed by atoms with Gasteiger partial charge in [0, 0.05) is 5.69 Å². The summed E-state index contributed by atoms with van der Waals surface area (Å²) in [7, 11) is 1.36. The Labute approximate surface area is 78.6 Å². The highest BCUT2D eigenvalue weighted by molar-refractivity contribution is 9.10. The van der Waals surface area contributed by atoms with E-state index in [1.807, 2.05) is 13.0 Å². The van der Waals surface area contributed by atoms with Crippen LogP contribution in [0.5, 0.6) is 0 Å². The molecule has 1 rings (SSSR count). The molecule has 0 aromatic carbocycles. The van der Waals surface area contributed by atoms with Gasteiger partial charge in [0.1, 0.15) is 11.1 Å². The molecule has 1 aromatic heterocycles. The summed E-state index contributed by atoms with van der Waals surface area (Å²) in [6, 6.07) is 1.84. The number of nitrogens with zero attached hydrogens (tertiary/aromatic N) is 2. The van der Waals surface area contributed by atoms with E-state index in [1.165, 1.54) is 7.11 Å². The van der Waals surface area contributed by atoms with Crippen molar-refractivity contribution in [3.05, 3.63) is 16.4 Å². The van der Waals surface area contributed by atoms with Crippen molar-refractivity contribution < 1.29 is 9.53 Å². The molecule has 0 fully saturated rings. The van der Waals surface area contributed by atoms with Gasteiger partial charge in [-0.25, -0.2) is 0 Å². The highest BCUT2D eigenvalue weighted by Gasteiger charge is 2.06. The number of methoxy groups -OCH3 is 1. The van der Waals surface area contributed by atoms with Crippen LogP contribution in [0.1, 0.15) is 5.69 Å². The van der Waals surface area contributed by atoms with Crippen LogP contribution in [0, 0.1) is 6.92 Å². The molecule has 0 aliphatic carbocycles. The minimum Gasteiger partial charge on any atom is -0.468 e. The summed E-state index contributed by atoms with van der Waals surface area (Å²) in [5, 5.41) is 4.03. The molecule has 0 saturated heterocycles. The van der Waals surface area contributed by atoms with Crippen molar-refractivity contribution in [3.8, 4) is 0 Å². The Bertz CT molecular complexity index is 296. The van der Waals surface area contributed by atoms with Gasteiger partial charge in [0.2, 0.25) is 0 Å². The minimum absolute atomic E-state index is 0.161. The van der Waals surface area contributed by atoms with Gasteiger partial charge in [-0.05, 0) is 28.9 Å². The maximum atomic E-state index is 10.8. The van der Waals surface area contributed by atoms with Crippen LogP contribution >= 0.6 is 15.9 Å². The molecule has 0 N–H and O–H groups in total. The van der Waals surface area contributed by atoms with E-state index < -0.39 is 0 Å². The van der Waals surface area contributed by atoms with Crippen LogP contribution in [0.15, 0.2) is 10.7 Å². The fourth-order valence-corrected chi connectivity index (χ4v) is 1.34. The molecule has 66 valence electrons. The molecule has 0 spiro atoms. The first-order valence-electron chi connectivity index (χ1n) is 3.40. The number of esters is 1. The van der Waals surface area contributed by atoms with E-state index in [2.05, 4.69) is 25.8 Å². The molecule has 0 atom stereocenters. The van der Waals surface area contributed by atoms with Gasteiger partial charge in [0.15, 0.2) is 0 Å². The average molecular weight is 233 g/mol. The molecular weight excluding hydrogens is 224 g/mol. The zero-order valence-electron chi connectivity index (χ0n) is 6.87. The lowest BCUT2D eigenvalue weighted by Gasteiger charge is -2.00. The molecule has 0 saturated carbocycles. The third-order valence-electron chi connectivity index (χ3n) is 1.46. The maximum Gasteiger partial charge on any atom is 0.327 e. The fourth-order valence-electron chi connectivity index (χ4n) is 0.817. The van der Waals surface area contributed by atoms with Gasteiger partial charge in [0.25, 0.3) is 0 Å². The summed E-state index contributed by atoms with van der Waals surface area (Å²) >= 11 is 3.21. The van der Waals surface area contributed by atoms with Crippen molar-refractivity contribution in [3.63, 3.8) is 0 Å². The Morgan fingerprint density at radius 3 is 2.92 bits per heavy atom. The maximum absolute atomic E-state index is 10.8. The summed E-state index contributed by atoms with van der Waals surface area (Å²) in [6.45, 7) is 2.04. The summed E-state index contributed by atoms with van der Waals surface area (Å²) < 4.78 is 6.81. The molecule has 0 unspecified atom stereocenters. The molecule has 0 aliphatic heterocycles. The zero-order valence-corrected chi connectivity index (χ0v) is 8.46. The highest BCUT2D eigenvalue weighted by Crippen LogP contribution is 2.09. The Morgan fingerprint density at radius 1 is 1.83 bits per heavy atom. The summed E-state index contributed by atoms with van der Waals surface area (Å²) in [5.41, 5.74) is 0.923. The van der Waals surface area contributed by atoms with Gasteiger partial charge in [-0.2, -0.15) is 5.10 Å². The average Bonchev–Trinajstić information content (AvgIpc) is 2.30. The highest BCUT2D eigenvalue weighted by atomic mass is 79.9. The van der Waals surface area contributed by atoms with Gasteiger partial charge in [-0.15, -0.1) is 0 Å². The van der Waals surface area contributed by atoms with Crippen LogP contribution in [0.3, 0.4) is 0 Å². The molecule has 12 heavy (non-hydrogen) atoms. The predicted octanol–water partition coefficient (Wildman–Crippen LogP) is 1.13. The van der Waals surface area contributed by atoms with E-state index in [4.69, 9.17) is 0 Å². The number of aryl methyl sites for hydroxylation is 1. The SMILES string of the molecule is COC(=O)Cn1nc(Br)cc1C. The molecular formula is C7H9BrN2O2. The van der Waals surface area contributed by atoms with Crippen LogP contribution in [0.2, 0.25) is 0 Å². The lowest BCUT2D eigenvalue weighted by atomic mass is 10.5. The number of aromatic nitrogens is 2. The van der Waals surface area contributed by atoms with E-state index in [0.717, 1.165) is 10.3 Å². The second-order valence-electron chi connectivity index (χ2n) is 2.34. The van der Waals surface area contributed by atoms with Crippen LogP contribution in [0.4, 0.5) is 0 Å². The van der Waals surface area contributed by atoms with Crippen LogP contribution in [0.25, 0.3) is 0 Å². The van der Waals surface area contributed by atoms with E-state index >= 15 is 0 Å². The van der Waals surface area contributed by atoms with E-state index in [1.54, 1.807) is 4.68 Å². The number of halogens is 1. The predicted molar refractivity (Wildman–Crippen MR) is 46.7 cm³/mol. The van der Waals surface area contributed by atoms with Gasteiger partial charge in [0.05, 0.1) is 7.11 Å². The normalized spacial score (nSPS) is 9.92. The molecule has 1 aromatic rings. The minimum atomic E-state index is -0.297. The fraction of sp³-hybridized carbons (Fsp3) is 0.429. The van der Waals surface area contributed by atoms with E-state index in [-0.39, 0.29) is 12.5 Å². The number of carbonyl (C=O) groups excluding carboxylic acids is 1. The number of rotatable bonds is 2. The molecule has 5 heteroatoms. The van der Waals surface area contributed by atoms with Gasteiger partial charge in [-0.3, -0.25) is 9.48 Å². The van der Waals surface area contributed by atoms with Crippen molar-refractivity contribution in [2.45, 2.75) is 13.5 Å². The van der Waals surface area contributed by atoms with Crippen LogP contribution in [-0.4, -0.2) is 22.9 Å². The molecule has 4 nitrogen and oxygen atoms in total. The van der Waals surface area contributed by atoms with E-state index in [0.29, 0.717) is 0 Å². The first-order valence-corrected chi connectivity index (χ1v) is 4.19. The third kappa shape index (κ3) is 2.07. The second-order valence-corrected chi connectivity index (χ2v) is 3.15. The van der Waals surface area contributed by atoms with Crippen molar-refractivity contribution in [1.29, 1.82) is 0 Å². The molecule has 1 heterocycles. The third-order valence-corrected chi connectivity index (χ3v) is 1.85. The summed E-state index contributed by atoms with van der Waals surface area (Å²) in [5.74, 6) is -0.297. The lowest BCUT2D eigenvalue weighted by Crippen LogP contribution is -2.13. The second kappa shape index (κ2) is 3.71. The number of ether oxygens (including phenoxy) is 1. The smallest absolute Gasteiger partial charge is 0.327 e. The monoisotopic (exact) mass is 232 g/mol. The van der Waals surface area contributed by atoms with Crippen LogP contribution in [-0.2, 0) is 16.1 Å².